The monoisotopic (exact) mass is 445 g/mol. The Labute approximate surface area is 167 Å². The quantitative estimate of drug-likeness (QED) is 0.485. The Morgan fingerprint density at radius 2 is 2.28 bits per heavy atom. The number of fused-ring (bicyclic) bond motifs is 1. The molecule has 3 rings (SSSR count). The molecule has 25 heavy (non-hydrogen) atoms. The zero-order valence-corrected chi connectivity index (χ0v) is 18.0. The fourth-order valence-electron chi connectivity index (χ4n) is 2.07. The third-order valence-electron chi connectivity index (χ3n) is 3.19. The SMILES string of the molecule is CC.CC#CCNc1cc(Cl)nc2c(Br)csc12.NC1CCCOC1. The molecule has 2 aromatic heterocycles. The van der Waals surface area contributed by atoms with Crippen LogP contribution in [0.1, 0.15) is 33.6 Å². The molecule has 0 aliphatic carbocycles. The Morgan fingerprint density at radius 1 is 1.52 bits per heavy atom. The van der Waals surface area contributed by atoms with Crippen LogP contribution in [0, 0.1) is 11.8 Å². The van der Waals surface area contributed by atoms with Gasteiger partial charge in [0.15, 0.2) is 0 Å². The molecular weight excluding hydrogens is 422 g/mol. The fourth-order valence-corrected chi connectivity index (χ4v) is 3.82. The summed E-state index contributed by atoms with van der Waals surface area (Å²) in [6.07, 6.45) is 2.28. The number of nitrogens with zero attached hydrogens (tertiary/aromatic N) is 1. The number of rotatable bonds is 2. The highest BCUT2D eigenvalue weighted by Gasteiger charge is 2.09. The van der Waals surface area contributed by atoms with Gasteiger partial charge in [0.05, 0.1) is 33.5 Å². The van der Waals surface area contributed by atoms with Crippen LogP contribution in [0.4, 0.5) is 5.69 Å². The van der Waals surface area contributed by atoms with E-state index in [0.29, 0.717) is 17.7 Å². The number of aromatic nitrogens is 1. The van der Waals surface area contributed by atoms with Gasteiger partial charge < -0.3 is 15.8 Å². The molecule has 0 spiro atoms. The first kappa shape index (κ1) is 22.2. The Morgan fingerprint density at radius 3 is 2.84 bits per heavy atom. The third kappa shape index (κ3) is 7.51. The number of thiophene rings is 1. The largest absolute Gasteiger partial charge is 0.380 e. The lowest BCUT2D eigenvalue weighted by molar-refractivity contribution is 0.0822. The van der Waals surface area contributed by atoms with Crippen molar-refractivity contribution >= 4 is 54.8 Å². The molecule has 1 fully saturated rings. The maximum atomic E-state index is 5.96. The summed E-state index contributed by atoms with van der Waals surface area (Å²) in [6, 6.07) is 2.14. The van der Waals surface area contributed by atoms with Crippen LogP contribution in [0.5, 0.6) is 0 Å². The molecule has 3 N–H and O–H groups in total. The summed E-state index contributed by atoms with van der Waals surface area (Å²) in [5.74, 6) is 5.79. The van der Waals surface area contributed by atoms with Crippen molar-refractivity contribution in [2.24, 2.45) is 5.73 Å². The van der Waals surface area contributed by atoms with Gasteiger partial charge in [-0.15, -0.1) is 17.3 Å². The molecule has 138 valence electrons. The van der Waals surface area contributed by atoms with E-state index in [4.69, 9.17) is 22.1 Å². The van der Waals surface area contributed by atoms with E-state index >= 15 is 0 Å². The molecule has 0 aromatic carbocycles. The second-order valence-electron chi connectivity index (χ2n) is 5.01. The van der Waals surface area contributed by atoms with Crippen molar-refractivity contribution in [1.29, 1.82) is 0 Å². The van der Waals surface area contributed by atoms with Crippen LogP contribution in [0.2, 0.25) is 5.15 Å². The Balaban J connectivity index is 0.000000290. The first-order chi connectivity index (χ1) is 12.1. The van der Waals surface area contributed by atoms with E-state index in [2.05, 4.69) is 38.1 Å². The van der Waals surface area contributed by atoms with Gasteiger partial charge >= 0.3 is 0 Å². The van der Waals surface area contributed by atoms with Gasteiger partial charge in [-0.2, -0.15) is 0 Å². The topological polar surface area (TPSA) is 60.2 Å². The number of nitrogens with one attached hydrogen (secondary N) is 1. The molecule has 0 bridgehead atoms. The number of pyridine rings is 1. The van der Waals surface area contributed by atoms with Gasteiger partial charge in [0.25, 0.3) is 0 Å². The van der Waals surface area contributed by atoms with Crippen molar-refractivity contribution in [2.75, 3.05) is 25.1 Å². The highest BCUT2D eigenvalue weighted by atomic mass is 79.9. The molecule has 4 nitrogen and oxygen atoms in total. The van der Waals surface area contributed by atoms with Crippen molar-refractivity contribution in [3.05, 3.63) is 21.1 Å². The van der Waals surface area contributed by atoms with Crippen molar-refractivity contribution in [3.63, 3.8) is 0 Å². The summed E-state index contributed by atoms with van der Waals surface area (Å²) in [6.45, 7) is 8.10. The second kappa shape index (κ2) is 12.5. The highest BCUT2D eigenvalue weighted by Crippen LogP contribution is 2.35. The zero-order chi connectivity index (χ0) is 18.7. The van der Waals surface area contributed by atoms with Crippen LogP contribution in [0.3, 0.4) is 0 Å². The normalized spacial score (nSPS) is 15.8. The van der Waals surface area contributed by atoms with Crippen LogP contribution in [-0.4, -0.2) is 30.8 Å². The molecular formula is C18H25BrClN3OS. The van der Waals surface area contributed by atoms with Crippen molar-refractivity contribution in [3.8, 4) is 11.8 Å². The predicted molar refractivity (Wildman–Crippen MR) is 114 cm³/mol. The van der Waals surface area contributed by atoms with Crippen molar-refractivity contribution < 1.29 is 4.74 Å². The zero-order valence-electron chi connectivity index (χ0n) is 14.9. The van der Waals surface area contributed by atoms with E-state index in [0.717, 1.165) is 46.4 Å². The summed E-state index contributed by atoms with van der Waals surface area (Å²) in [4.78, 5) is 4.28. The molecule has 3 heterocycles. The summed E-state index contributed by atoms with van der Waals surface area (Å²) < 4.78 is 7.12. The van der Waals surface area contributed by atoms with Gasteiger partial charge in [-0.1, -0.05) is 31.4 Å². The lowest BCUT2D eigenvalue weighted by atomic mass is 10.1. The van der Waals surface area contributed by atoms with E-state index in [1.807, 2.05) is 32.2 Å². The second-order valence-corrected chi connectivity index (χ2v) is 7.13. The van der Waals surface area contributed by atoms with E-state index in [1.165, 1.54) is 0 Å². The summed E-state index contributed by atoms with van der Waals surface area (Å²) in [5.41, 5.74) is 7.38. The van der Waals surface area contributed by atoms with Gasteiger partial charge in [-0.3, -0.25) is 0 Å². The van der Waals surface area contributed by atoms with Gasteiger partial charge in [0, 0.05) is 24.1 Å². The highest BCUT2D eigenvalue weighted by molar-refractivity contribution is 9.10. The van der Waals surface area contributed by atoms with Crippen LogP contribution in [0.15, 0.2) is 15.9 Å². The fraction of sp³-hybridized carbons (Fsp3) is 0.500. The van der Waals surface area contributed by atoms with Gasteiger partial charge in [0.2, 0.25) is 0 Å². The van der Waals surface area contributed by atoms with Crippen LogP contribution >= 0.6 is 38.9 Å². The summed E-state index contributed by atoms with van der Waals surface area (Å²) >= 11 is 11.0. The average Bonchev–Trinajstić information content (AvgIpc) is 2.99. The lowest BCUT2D eigenvalue weighted by Gasteiger charge is -2.16. The van der Waals surface area contributed by atoms with Crippen LogP contribution in [0.25, 0.3) is 10.2 Å². The van der Waals surface area contributed by atoms with E-state index in [9.17, 15) is 0 Å². The first-order valence-corrected chi connectivity index (χ1v) is 10.4. The molecule has 1 aliphatic rings. The minimum atomic E-state index is 0.314. The molecule has 0 saturated carbocycles. The maximum Gasteiger partial charge on any atom is 0.131 e. The van der Waals surface area contributed by atoms with Crippen molar-refractivity contribution in [2.45, 2.75) is 39.7 Å². The van der Waals surface area contributed by atoms with E-state index in [1.54, 1.807) is 11.3 Å². The first-order valence-electron chi connectivity index (χ1n) is 8.32. The lowest BCUT2D eigenvalue weighted by Crippen LogP contribution is -2.30. The minimum absolute atomic E-state index is 0.314. The molecule has 1 aliphatic heterocycles. The molecule has 1 saturated heterocycles. The maximum absolute atomic E-state index is 5.96. The Hall–Kier alpha value is -0.840. The van der Waals surface area contributed by atoms with E-state index < -0.39 is 0 Å². The summed E-state index contributed by atoms with van der Waals surface area (Å²) in [7, 11) is 0. The van der Waals surface area contributed by atoms with Gasteiger partial charge in [-0.05, 0) is 35.7 Å². The van der Waals surface area contributed by atoms with Crippen LogP contribution in [-0.2, 0) is 4.74 Å². The number of ether oxygens (including phenoxy) is 1. The predicted octanol–water partition coefficient (Wildman–Crippen LogP) is 5.30. The Bertz CT molecular complexity index is 705. The molecule has 1 atom stereocenters. The Kier molecular flexibility index (Phi) is 11.1. The smallest absolute Gasteiger partial charge is 0.131 e. The molecule has 7 heteroatoms. The molecule has 0 amide bonds. The van der Waals surface area contributed by atoms with Crippen LogP contribution < -0.4 is 11.1 Å². The number of nitrogens with two attached hydrogens (primary N) is 1. The van der Waals surface area contributed by atoms with Gasteiger partial charge in [-0.25, -0.2) is 4.98 Å². The minimum Gasteiger partial charge on any atom is -0.380 e. The average molecular weight is 447 g/mol. The standard InChI is InChI=1S/C11H8BrClN2S.C5H11NO.C2H6/c1-2-3-4-14-8-5-9(13)15-10-7(12)6-16-11(8)10;6-5-2-1-3-7-4-5;1-2/h5-6H,4H2,1H3,(H,14,15);5H,1-4,6H2;1-2H3. The number of hydrogen-bond donors (Lipinski definition) is 2. The third-order valence-corrected chi connectivity index (χ3v) is 5.29. The number of halogens is 2. The molecule has 2 aromatic rings. The van der Waals surface area contributed by atoms with Crippen molar-refractivity contribution in [1.82, 2.24) is 4.98 Å². The van der Waals surface area contributed by atoms with Gasteiger partial charge in [0.1, 0.15) is 5.15 Å². The van der Waals surface area contributed by atoms with E-state index in [-0.39, 0.29) is 0 Å². The number of hydrogen-bond acceptors (Lipinski definition) is 5. The molecule has 1 unspecified atom stereocenters. The molecule has 0 radical (unpaired) electrons. The number of anilines is 1. The summed E-state index contributed by atoms with van der Waals surface area (Å²) in [5, 5.41) is 5.72.